The lowest BCUT2D eigenvalue weighted by atomic mass is 10.1. The molecule has 0 aliphatic carbocycles. The molecule has 0 saturated heterocycles. The lowest BCUT2D eigenvalue weighted by Crippen LogP contribution is -2.12. The highest BCUT2D eigenvalue weighted by Gasteiger charge is 2.11. The maximum absolute atomic E-state index is 12.6. The average molecular weight is 382 g/mol. The van der Waals surface area contributed by atoms with Crippen LogP contribution in [0.5, 0.6) is 0 Å². The molecule has 0 aliphatic rings. The van der Waals surface area contributed by atoms with Crippen molar-refractivity contribution in [3.8, 4) is 16.9 Å². The Morgan fingerprint density at radius 3 is 2.28 bits per heavy atom. The molecule has 4 aromatic rings. The zero-order valence-electron chi connectivity index (χ0n) is 16.7. The molecule has 144 valence electrons. The molecular weight excluding hydrogens is 360 g/mol. The van der Waals surface area contributed by atoms with Crippen LogP contribution in [0.1, 0.15) is 27.0 Å². The van der Waals surface area contributed by atoms with E-state index >= 15 is 0 Å². The molecule has 0 bridgehead atoms. The van der Waals surface area contributed by atoms with Crippen LogP contribution in [0.3, 0.4) is 0 Å². The molecule has 0 spiro atoms. The van der Waals surface area contributed by atoms with E-state index in [9.17, 15) is 4.79 Å². The number of nitrogens with zero attached hydrogens (tertiary/aromatic N) is 3. The Labute approximate surface area is 170 Å². The molecule has 1 aromatic heterocycles. The van der Waals surface area contributed by atoms with Crippen LogP contribution in [0.4, 0.5) is 5.69 Å². The van der Waals surface area contributed by atoms with Crippen molar-refractivity contribution >= 4 is 11.6 Å². The lowest BCUT2D eigenvalue weighted by molar-refractivity contribution is 0.102. The number of benzene rings is 3. The van der Waals surface area contributed by atoms with Crippen LogP contribution in [-0.2, 0) is 0 Å². The first-order valence-electron chi connectivity index (χ1n) is 9.48. The number of anilines is 1. The fourth-order valence-electron chi connectivity index (χ4n) is 3.12. The maximum atomic E-state index is 12.6. The van der Waals surface area contributed by atoms with Crippen LogP contribution in [0.25, 0.3) is 16.9 Å². The fraction of sp³-hybridized carbons (Fsp3) is 0.125. The lowest BCUT2D eigenvalue weighted by Gasteiger charge is -2.09. The SMILES string of the molecule is Cc1ccc(-c2cnnn2-c2ccc(C(=O)Nc3ccc(C)c(C)c3)cc2)cc1. The summed E-state index contributed by atoms with van der Waals surface area (Å²) in [4.78, 5) is 12.6. The Balaban J connectivity index is 1.55. The Bertz CT molecular complexity index is 1160. The van der Waals surface area contributed by atoms with Gasteiger partial charge in [-0.2, -0.15) is 0 Å². The van der Waals surface area contributed by atoms with Gasteiger partial charge in [-0.3, -0.25) is 4.79 Å². The van der Waals surface area contributed by atoms with Crippen LogP contribution in [-0.4, -0.2) is 20.9 Å². The second-order valence-electron chi connectivity index (χ2n) is 7.20. The van der Waals surface area contributed by atoms with Gasteiger partial charge in [0.1, 0.15) is 0 Å². The van der Waals surface area contributed by atoms with E-state index in [-0.39, 0.29) is 5.91 Å². The van der Waals surface area contributed by atoms with Gasteiger partial charge in [-0.25, -0.2) is 4.68 Å². The van der Waals surface area contributed by atoms with Gasteiger partial charge >= 0.3 is 0 Å². The van der Waals surface area contributed by atoms with E-state index in [1.165, 1.54) is 11.1 Å². The number of carbonyl (C=O) groups is 1. The van der Waals surface area contributed by atoms with Crippen molar-refractivity contribution in [2.75, 3.05) is 5.32 Å². The van der Waals surface area contributed by atoms with Crippen molar-refractivity contribution in [1.29, 1.82) is 0 Å². The minimum Gasteiger partial charge on any atom is -0.322 e. The first-order chi connectivity index (χ1) is 14.0. The van der Waals surface area contributed by atoms with E-state index in [4.69, 9.17) is 0 Å². The molecule has 0 radical (unpaired) electrons. The van der Waals surface area contributed by atoms with Gasteiger partial charge in [0.15, 0.2) is 0 Å². The topological polar surface area (TPSA) is 59.8 Å². The molecule has 1 N–H and O–H groups in total. The highest BCUT2D eigenvalue weighted by atomic mass is 16.1. The highest BCUT2D eigenvalue weighted by molar-refractivity contribution is 6.04. The van der Waals surface area contributed by atoms with Crippen LogP contribution in [0.2, 0.25) is 0 Å². The zero-order chi connectivity index (χ0) is 20.4. The van der Waals surface area contributed by atoms with Gasteiger partial charge in [-0.15, -0.1) is 5.10 Å². The van der Waals surface area contributed by atoms with Crippen LogP contribution < -0.4 is 5.32 Å². The summed E-state index contributed by atoms with van der Waals surface area (Å²) in [7, 11) is 0. The number of rotatable bonds is 4. The molecule has 1 heterocycles. The third-order valence-electron chi connectivity index (χ3n) is 5.04. The summed E-state index contributed by atoms with van der Waals surface area (Å²) < 4.78 is 1.77. The fourth-order valence-corrected chi connectivity index (χ4v) is 3.12. The Morgan fingerprint density at radius 2 is 1.59 bits per heavy atom. The minimum absolute atomic E-state index is 0.142. The molecule has 0 saturated carbocycles. The number of hydrogen-bond acceptors (Lipinski definition) is 3. The molecule has 0 atom stereocenters. The van der Waals surface area contributed by atoms with E-state index in [0.717, 1.165) is 28.2 Å². The molecule has 5 nitrogen and oxygen atoms in total. The minimum atomic E-state index is -0.142. The normalized spacial score (nSPS) is 10.7. The quantitative estimate of drug-likeness (QED) is 0.533. The molecule has 3 aromatic carbocycles. The van der Waals surface area contributed by atoms with Gasteiger partial charge < -0.3 is 5.32 Å². The molecule has 4 rings (SSSR count). The molecule has 5 heteroatoms. The third kappa shape index (κ3) is 3.94. The highest BCUT2D eigenvalue weighted by Crippen LogP contribution is 2.22. The molecule has 0 unspecified atom stereocenters. The smallest absolute Gasteiger partial charge is 0.255 e. The second kappa shape index (κ2) is 7.72. The standard InChI is InChI=1S/C24H22N4O/c1-16-4-7-19(8-5-16)23-15-25-27-28(23)22-12-9-20(10-13-22)24(29)26-21-11-6-17(2)18(3)14-21/h4-15H,1-3H3,(H,26,29). The van der Waals surface area contributed by atoms with Gasteiger partial charge in [0.05, 0.1) is 17.6 Å². The summed E-state index contributed by atoms with van der Waals surface area (Å²) in [6.45, 7) is 6.14. The second-order valence-corrected chi connectivity index (χ2v) is 7.20. The Hall–Kier alpha value is -3.73. The number of aromatic nitrogens is 3. The predicted molar refractivity (Wildman–Crippen MR) is 115 cm³/mol. The number of amides is 1. The van der Waals surface area contributed by atoms with Crippen molar-refractivity contribution in [3.63, 3.8) is 0 Å². The molecular formula is C24H22N4O. The summed E-state index contributed by atoms with van der Waals surface area (Å²) in [5, 5.41) is 11.2. The van der Waals surface area contributed by atoms with Crippen molar-refractivity contribution in [3.05, 3.63) is 95.2 Å². The summed E-state index contributed by atoms with van der Waals surface area (Å²) in [6.07, 6.45) is 1.74. The molecule has 29 heavy (non-hydrogen) atoms. The van der Waals surface area contributed by atoms with Gasteiger partial charge in [0.2, 0.25) is 0 Å². The van der Waals surface area contributed by atoms with Gasteiger partial charge in [-0.1, -0.05) is 41.1 Å². The first kappa shape index (κ1) is 18.6. The molecule has 0 fully saturated rings. The Kier molecular flexibility index (Phi) is 4.96. The van der Waals surface area contributed by atoms with Gasteiger partial charge in [0, 0.05) is 16.8 Å². The summed E-state index contributed by atoms with van der Waals surface area (Å²) in [5.41, 5.74) is 7.71. The number of aryl methyl sites for hydroxylation is 3. The number of carbonyl (C=O) groups excluding carboxylic acids is 1. The average Bonchev–Trinajstić information content (AvgIpc) is 3.21. The monoisotopic (exact) mass is 382 g/mol. The van der Waals surface area contributed by atoms with E-state index in [1.54, 1.807) is 23.0 Å². The predicted octanol–water partition coefficient (Wildman–Crippen LogP) is 5.11. The van der Waals surface area contributed by atoms with Gasteiger partial charge in [-0.05, 0) is 68.3 Å². The van der Waals surface area contributed by atoms with E-state index in [2.05, 4.69) is 53.7 Å². The van der Waals surface area contributed by atoms with Crippen molar-refractivity contribution in [2.45, 2.75) is 20.8 Å². The van der Waals surface area contributed by atoms with Crippen molar-refractivity contribution in [1.82, 2.24) is 15.0 Å². The summed E-state index contributed by atoms with van der Waals surface area (Å²) >= 11 is 0. The summed E-state index contributed by atoms with van der Waals surface area (Å²) in [6, 6.07) is 21.5. The largest absolute Gasteiger partial charge is 0.322 e. The Morgan fingerprint density at radius 1 is 0.862 bits per heavy atom. The van der Waals surface area contributed by atoms with Crippen molar-refractivity contribution < 1.29 is 4.79 Å². The molecule has 0 aliphatic heterocycles. The number of nitrogens with one attached hydrogen (secondary N) is 1. The van der Waals surface area contributed by atoms with E-state index in [0.29, 0.717) is 5.56 Å². The van der Waals surface area contributed by atoms with Crippen LogP contribution in [0, 0.1) is 20.8 Å². The van der Waals surface area contributed by atoms with Crippen molar-refractivity contribution in [2.24, 2.45) is 0 Å². The van der Waals surface area contributed by atoms with E-state index < -0.39 is 0 Å². The van der Waals surface area contributed by atoms with Crippen LogP contribution >= 0.6 is 0 Å². The first-order valence-corrected chi connectivity index (χ1v) is 9.48. The zero-order valence-corrected chi connectivity index (χ0v) is 16.7. The van der Waals surface area contributed by atoms with Crippen LogP contribution in [0.15, 0.2) is 72.9 Å². The van der Waals surface area contributed by atoms with Gasteiger partial charge in [0.25, 0.3) is 5.91 Å². The number of hydrogen-bond donors (Lipinski definition) is 1. The van der Waals surface area contributed by atoms with E-state index in [1.807, 2.05) is 37.3 Å². The summed E-state index contributed by atoms with van der Waals surface area (Å²) in [5.74, 6) is -0.142. The maximum Gasteiger partial charge on any atom is 0.255 e. The third-order valence-corrected chi connectivity index (χ3v) is 5.04. The molecule has 1 amide bonds.